The van der Waals surface area contributed by atoms with Gasteiger partial charge in [0, 0.05) is 0 Å². The van der Waals surface area contributed by atoms with Crippen molar-refractivity contribution in [2.75, 3.05) is 13.1 Å². The van der Waals surface area contributed by atoms with E-state index in [1.54, 1.807) is 11.3 Å². The summed E-state index contributed by atoms with van der Waals surface area (Å²) in [6.45, 7) is 5.11. The lowest BCUT2D eigenvalue weighted by atomic mass is 10.1. The van der Waals surface area contributed by atoms with Crippen LogP contribution in [0.3, 0.4) is 0 Å². The summed E-state index contributed by atoms with van der Waals surface area (Å²) in [6, 6.07) is 9.83. The molecule has 3 aromatic rings. The molecule has 1 atom stereocenters. The standard InChI is InChI=1S/C17H21N5OS/c1-13(23-14-8-4-2-5-9-14)16-20-22-15(18-19-17(22)24-16)12-21-10-6-3-7-11-21/h2,4-5,8-9,13H,3,6-7,10-12H2,1H3/t13-/m0/s1. The first-order valence-corrected chi connectivity index (χ1v) is 9.26. The molecule has 0 spiro atoms. The van der Waals surface area contributed by atoms with Crippen molar-refractivity contribution in [1.29, 1.82) is 0 Å². The minimum atomic E-state index is -0.109. The Hall–Kier alpha value is -1.99. The van der Waals surface area contributed by atoms with Gasteiger partial charge in [0.1, 0.15) is 11.9 Å². The number of hydrogen-bond acceptors (Lipinski definition) is 6. The molecule has 1 aromatic carbocycles. The average Bonchev–Trinajstić information content (AvgIpc) is 3.19. The van der Waals surface area contributed by atoms with Crippen LogP contribution in [0, 0.1) is 0 Å². The monoisotopic (exact) mass is 343 g/mol. The molecule has 0 radical (unpaired) electrons. The molecule has 0 unspecified atom stereocenters. The maximum atomic E-state index is 5.97. The normalized spacial score (nSPS) is 17.2. The highest BCUT2D eigenvalue weighted by molar-refractivity contribution is 7.16. The van der Waals surface area contributed by atoms with E-state index in [0.717, 1.165) is 41.2 Å². The lowest BCUT2D eigenvalue weighted by Crippen LogP contribution is -2.30. The molecule has 3 heterocycles. The number of rotatable bonds is 5. The van der Waals surface area contributed by atoms with E-state index in [4.69, 9.17) is 9.84 Å². The topological polar surface area (TPSA) is 55.6 Å². The van der Waals surface area contributed by atoms with Gasteiger partial charge in [-0.1, -0.05) is 36.0 Å². The number of para-hydroxylation sites is 1. The Morgan fingerprint density at radius 1 is 1.12 bits per heavy atom. The summed E-state index contributed by atoms with van der Waals surface area (Å²) in [7, 11) is 0. The van der Waals surface area contributed by atoms with Crippen LogP contribution >= 0.6 is 11.3 Å². The van der Waals surface area contributed by atoms with Gasteiger partial charge in [-0.25, -0.2) is 0 Å². The largest absolute Gasteiger partial charge is 0.483 e. The lowest BCUT2D eigenvalue weighted by molar-refractivity contribution is 0.213. The minimum Gasteiger partial charge on any atom is -0.483 e. The Morgan fingerprint density at radius 2 is 1.92 bits per heavy atom. The molecule has 1 fully saturated rings. The highest BCUT2D eigenvalue weighted by Crippen LogP contribution is 2.25. The quantitative estimate of drug-likeness (QED) is 0.711. The number of fused-ring (bicyclic) bond motifs is 1. The van der Waals surface area contributed by atoms with E-state index in [2.05, 4.69) is 15.1 Å². The van der Waals surface area contributed by atoms with Crippen molar-refractivity contribution in [2.45, 2.75) is 38.8 Å². The zero-order chi connectivity index (χ0) is 16.4. The van der Waals surface area contributed by atoms with E-state index in [0.29, 0.717) is 0 Å². The van der Waals surface area contributed by atoms with Crippen molar-refractivity contribution >= 4 is 16.3 Å². The molecule has 4 rings (SSSR count). The second-order valence-corrected chi connectivity index (χ2v) is 7.15. The van der Waals surface area contributed by atoms with Crippen LogP contribution in [-0.2, 0) is 6.54 Å². The maximum Gasteiger partial charge on any atom is 0.234 e. The second kappa shape index (κ2) is 6.86. The Morgan fingerprint density at radius 3 is 2.71 bits per heavy atom. The third-order valence-electron chi connectivity index (χ3n) is 4.29. The highest BCUT2D eigenvalue weighted by Gasteiger charge is 2.19. The fourth-order valence-corrected chi connectivity index (χ4v) is 3.84. The molecule has 0 bridgehead atoms. The summed E-state index contributed by atoms with van der Waals surface area (Å²) in [5.74, 6) is 1.77. The van der Waals surface area contributed by atoms with Crippen molar-refractivity contribution in [3.8, 4) is 5.75 Å². The van der Waals surface area contributed by atoms with E-state index in [1.807, 2.05) is 41.8 Å². The van der Waals surface area contributed by atoms with Gasteiger partial charge in [0.25, 0.3) is 0 Å². The second-order valence-electron chi connectivity index (χ2n) is 6.16. The highest BCUT2D eigenvalue weighted by atomic mass is 32.1. The molecular formula is C17H21N5OS. The van der Waals surface area contributed by atoms with Gasteiger partial charge < -0.3 is 4.74 Å². The third-order valence-corrected chi connectivity index (χ3v) is 5.35. The molecule has 0 N–H and O–H groups in total. The van der Waals surface area contributed by atoms with E-state index >= 15 is 0 Å². The van der Waals surface area contributed by atoms with Gasteiger partial charge in [-0.2, -0.15) is 9.61 Å². The van der Waals surface area contributed by atoms with Crippen LogP contribution in [0.1, 0.15) is 43.1 Å². The van der Waals surface area contributed by atoms with Crippen LogP contribution < -0.4 is 4.74 Å². The Bertz CT molecular complexity index is 794. The molecule has 0 amide bonds. The van der Waals surface area contributed by atoms with Gasteiger partial charge in [-0.15, -0.1) is 10.2 Å². The molecule has 2 aromatic heterocycles. The number of ether oxygens (including phenoxy) is 1. The summed E-state index contributed by atoms with van der Waals surface area (Å²) >= 11 is 1.54. The van der Waals surface area contributed by atoms with Crippen LogP contribution in [0.25, 0.3) is 4.96 Å². The fourth-order valence-electron chi connectivity index (χ4n) is 3.01. The predicted octanol–water partition coefficient (Wildman–Crippen LogP) is 3.31. The van der Waals surface area contributed by atoms with Gasteiger partial charge in [-0.3, -0.25) is 4.90 Å². The Kier molecular flexibility index (Phi) is 4.44. The van der Waals surface area contributed by atoms with E-state index in [9.17, 15) is 0 Å². The van der Waals surface area contributed by atoms with Crippen molar-refractivity contribution < 1.29 is 4.74 Å². The molecule has 7 heteroatoms. The number of likely N-dealkylation sites (tertiary alicyclic amines) is 1. The number of benzene rings is 1. The van der Waals surface area contributed by atoms with Crippen LogP contribution in [0.4, 0.5) is 0 Å². The maximum absolute atomic E-state index is 5.97. The summed E-state index contributed by atoms with van der Waals surface area (Å²) in [5, 5.41) is 14.2. The third kappa shape index (κ3) is 3.27. The average molecular weight is 343 g/mol. The molecule has 1 aliphatic rings. The molecular weight excluding hydrogens is 322 g/mol. The van der Waals surface area contributed by atoms with Crippen molar-refractivity contribution in [2.24, 2.45) is 0 Å². The summed E-state index contributed by atoms with van der Waals surface area (Å²) in [6.07, 6.45) is 3.77. The molecule has 24 heavy (non-hydrogen) atoms. The number of piperidine rings is 1. The van der Waals surface area contributed by atoms with Gasteiger partial charge in [-0.05, 0) is 45.0 Å². The Labute approximate surface area is 145 Å². The van der Waals surface area contributed by atoms with Crippen LogP contribution in [-0.4, -0.2) is 37.8 Å². The summed E-state index contributed by atoms with van der Waals surface area (Å²) in [5.41, 5.74) is 0. The Balaban J connectivity index is 1.50. The molecule has 1 aliphatic heterocycles. The molecule has 126 valence electrons. The van der Waals surface area contributed by atoms with Crippen LogP contribution in [0.5, 0.6) is 5.75 Å². The van der Waals surface area contributed by atoms with Gasteiger partial charge in [0.05, 0.1) is 6.54 Å². The molecule has 1 saturated heterocycles. The van der Waals surface area contributed by atoms with Crippen LogP contribution in [0.2, 0.25) is 0 Å². The molecule has 0 aliphatic carbocycles. The van der Waals surface area contributed by atoms with Crippen LogP contribution in [0.15, 0.2) is 30.3 Å². The van der Waals surface area contributed by atoms with E-state index in [1.165, 1.54) is 19.3 Å². The zero-order valence-electron chi connectivity index (χ0n) is 13.8. The van der Waals surface area contributed by atoms with E-state index < -0.39 is 0 Å². The van der Waals surface area contributed by atoms with Gasteiger partial charge in [0.15, 0.2) is 10.8 Å². The lowest BCUT2D eigenvalue weighted by Gasteiger charge is -2.25. The first-order valence-electron chi connectivity index (χ1n) is 8.45. The summed E-state index contributed by atoms with van der Waals surface area (Å²) < 4.78 is 7.84. The number of nitrogens with zero attached hydrogens (tertiary/aromatic N) is 5. The first kappa shape index (κ1) is 15.5. The van der Waals surface area contributed by atoms with Gasteiger partial charge >= 0.3 is 0 Å². The minimum absolute atomic E-state index is 0.109. The SMILES string of the molecule is C[C@H](Oc1ccccc1)c1nn2c(CN3CCCCC3)nnc2s1. The first-order chi connectivity index (χ1) is 11.8. The number of aromatic nitrogens is 4. The van der Waals surface area contributed by atoms with Gasteiger partial charge in [0.2, 0.25) is 4.96 Å². The smallest absolute Gasteiger partial charge is 0.234 e. The van der Waals surface area contributed by atoms with Crippen molar-refractivity contribution in [3.63, 3.8) is 0 Å². The fraction of sp³-hybridized carbons (Fsp3) is 0.471. The molecule has 0 saturated carbocycles. The van der Waals surface area contributed by atoms with Crippen molar-refractivity contribution in [1.82, 2.24) is 24.7 Å². The molecule has 6 nitrogen and oxygen atoms in total. The van der Waals surface area contributed by atoms with E-state index in [-0.39, 0.29) is 6.10 Å². The summed E-state index contributed by atoms with van der Waals surface area (Å²) in [4.78, 5) is 3.27. The predicted molar refractivity (Wildman–Crippen MR) is 93.3 cm³/mol. The zero-order valence-corrected chi connectivity index (χ0v) is 14.6. The number of hydrogen-bond donors (Lipinski definition) is 0. The van der Waals surface area contributed by atoms with Crippen molar-refractivity contribution in [3.05, 3.63) is 41.2 Å².